The van der Waals surface area contributed by atoms with Crippen molar-refractivity contribution in [2.45, 2.75) is 18.2 Å². The largest absolute Gasteiger partial charge is 0.273 e. The summed E-state index contributed by atoms with van der Waals surface area (Å²) in [6.07, 6.45) is -0.0331. The van der Waals surface area contributed by atoms with E-state index in [1.54, 1.807) is 30.3 Å². The van der Waals surface area contributed by atoms with Crippen molar-refractivity contribution in [2.75, 3.05) is 13.6 Å². The molecule has 0 saturated carbocycles. The maximum atomic E-state index is 12.5. The molecule has 0 bridgehead atoms. The fourth-order valence-corrected chi connectivity index (χ4v) is 3.68. The van der Waals surface area contributed by atoms with Crippen LogP contribution in [0, 0.1) is 6.92 Å². The predicted molar refractivity (Wildman–Crippen MR) is 107 cm³/mol. The molecule has 2 rings (SSSR count). The number of hydrogen-bond acceptors (Lipinski definition) is 4. The van der Waals surface area contributed by atoms with Crippen LogP contribution >= 0.6 is 23.2 Å². The van der Waals surface area contributed by atoms with Crippen LogP contribution in [-0.2, 0) is 26.0 Å². The van der Waals surface area contributed by atoms with E-state index < -0.39 is 28.4 Å². The zero-order valence-electron chi connectivity index (χ0n) is 15.2. The van der Waals surface area contributed by atoms with Gasteiger partial charge in [-0.15, -0.1) is 0 Å². The summed E-state index contributed by atoms with van der Waals surface area (Å²) in [6.45, 7) is 1.39. The lowest BCUT2D eigenvalue weighted by Crippen LogP contribution is -2.47. The molecule has 0 aliphatic carbocycles. The number of hydrogen-bond donors (Lipinski definition) is 2. The van der Waals surface area contributed by atoms with Crippen LogP contribution in [0.15, 0.2) is 47.4 Å². The molecular formula is C18H19Cl2N3O4S. The average molecular weight is 444 g/mol. The first-order valence-electron chi connectivity index (χ1n) is 8.14. The Balaban J connectivity index is 1.88. The van der Waals surface area contributed by atoms with Crippen molar-refractivity contribution in [3.8, 4) is 0 Å². The lowest BCUT2D eigenvalue weighted by molar-refractivity contribution is -0.128. The number of halogens is 2. The topological polar surface area (TPSA) is 95.6 Å². The summed E-state index contributed by atoms with van der Waals surface area (Å²) < 4.78 is 25.8. The normalized spacial score (nSPS) is 11.3. The predicted octanol–water partition coefficient (Wildman–Crippen LogP) is 2.31. The molecule has 0 fully saturated rings. The molecule has 0 unspecified atom stereocenters. The highest BCUT2D eigenvalue weighted by Gasteiger charge is 2.23. The number of carbonyl (C=O) groups is 2. The molecule has 2 aromatic rings. The second-order valence-corrected chi connectivity index (χ2v) is 8.96. The van der Waals surface area contributed by atoms with Gasteiger partial charge in [0.25, 0.3) is 5.91 Å². The maximum Gasteiger partial charge on any atom is 0.253 e. The molecule has 0 heterocycles. The van der Waals surface area contributed by atoms with Gasteiger partial charge >= 0.3 is 0 Å². The van der Waals surface area contributed by atoms with Crippen molar-refractivity contribution in [3.63, 3.8) is 0 Å². The van der Waals surface area contributed by atoms with Crippen LogP contribution in [0.3, 0.4) is 0 Å². The van der Waals surface area contributed by atoms with Crippen molar-refractivity contribution in [2.24, 2.45) is 0 Å². The minimum Gasteiger partial charge on any atom is -0.273 e. The van der Waals surface area contributed by atoms with Gasteiger partial charge < -0.3 is 0 Å². The van der Waals surface area contributed by atoms with Crippen LogP contribution in [0.5, 0.6) is 0 Å². The molecule has 2 aromatic carbocycles. The summed E-state index contributed by atoms with van der Waals surface area (Å²) >= 11 is 11.7. The lowest BCUT2D eigenvalue weighted by atomic mass is 10.1. The Labute approximate surface area is 173 Å². The fraction of sp³-hybridized carbons (Fsp3) is 0.222. The van der Waals surface area contributed by atoms with Gasteiger partial charge in [0.1, 0.15) is 0 Å². The number of benzene rings is 2. The number of nitrogens with zero attached hydrogens (tertiary/aromatic N) is 1. The van der Waals surface area contributed by atoms with Gasteiger partial charge in [-0.1, -0.05) is 47.0 Å². The molecule has 28 heavy (non-hydrogen) atoms. The molecule has 2 amide bonds. The Morgan fingerprint density at radius 1 is 0.964 bits per heavy atom. The molecule has 10 heteroatoms. The lowest BCUT2D eigenvalue weighted by Gasteiger charge is -2.17. The number of carbonyl (C=O) groups excluding carboxylic acids is 2. The number of aryl methyl sites for hydroxylation is 1. The van der Waals surface area contributed by atoms with Crippen LogP contribution in [-0.4, -0.2) is 38.1 Å². The van der Waals surface area contributed by atoms with Gasteiger partial charge in [0.15, 0.2) is 0 Å². The highest BCUT2D eigenvalue weighted by atomic mass is 35.5. The van der Waals surface area contributed by atoms with Gasteiger partial charge in [-0.2, -0.15) is 4.31 Å². The third-order valence-electron chi connectivity index (χ3n) is 3.79. The molecule has 0 aliphatic heterocycles. The van der Waals surface area contributed by atoms with E-state index in [2.05, 4.69) is 10.9 Å². The first-order valence-corrected chi connectivity index (χ1v) is 10.3. The van der Waals surface area contributed by atoms with Gasteiger partial charge in [0.2, 0.25) is 15.9 Å². The van der Waals surface area contributed by atoms with Crippen LogP contribution in [0.2, 0.25) is 10.0 Å². The van der Waals surface area contributed by atoms with Gasteiger partial charge in [-0.05, 0) is 36.8 Å². The van der Waals surface area contributed by atoms with E-state index in [4.69, 9.17) is 23.2 Å². The first kappa shape index (κ1) is 22.2. The van der Waals surface area contributed by atoms with Gasteiger partial charge in [0, 0.05) is 7.05 Å². The molecule has 0 saturated heterocycles. The van der Waals surface area contributed by atoms with E-state index in [0.717, 1.165) is 9.87 Å². The summed E-state index contributed by atoms with van der Waals surface area (Å²) in [5, 5.41) is 0.691. The monoisotopic (exact) mass is 443 g/mol. The Kier molecular flexibility index (Phi) is 7.42. The van der Waals surface area contributed by atoms with Crippen LogP contribution < -0.4 is 10.9 Å². The zero-order valence-corrected chi connectivity index (χ0v) is 17.5. The Morgan fingerprint density at radius 2 is 1.57 bits per heavy atom. The second kappa shape index (κ2) is 9.38. The SMILES string of the molecule is Cc1ccc(S(=O)(=O)N(C)CC(=O)NNC(=O)Cc2ccc(Cl)c(Cl)c2)cc1. The molecule has 0 spiro atoms. The van der Waals surface area contributed by atoms with Gasteiger partial charge in [0.05, 0.1) is 27.9 Å². The van der Waals surface area contributed by atoms with Crippen LogP contribution in [0.4, 0.5) is 0 Å². The van der Waals surface area contributed by atoms with Crippen molar-refractivity contribution in [3.05, 3.63) is 63.6 Å². The van der Waals surface area contributed by atoms with E-state index in [9.17, 15) is 18.0 Å². The third kappa shape index (κ3) is 5.93. The Hall–Kier alpha value is -2.13. The summed E-state index contributed by atoms with van der Waals surface area (Å²) in [5.41, 5.74) is 5.95. The summed E-state index contributed by atoms with van der Waals surface area (Å²) in [4.78, 5) is 24.0. The molecule has 7 nitrogen and oxygen atoms in total. The zero-order chi connectivity index (χ0) is 20.9. The summed E-state index contributed by atoms with van der Waals surface area (Å²) in [7, 11) is -2.53. The molecule has 0 aromatic heterocycles. The summed E-state index contributed by atoms with van der Waals surface area (Å²) in [6, 6.07) is 11.0. The van der Waals surface area contributed by atoms with Gasteiger partial charge in [-0.3, -0.25) is 20.4 Å². The molecule has 150 valence electrons. The summed E-state index contributed by atoms with van der Waals surface area (Å²) in [5.74, 6) is -1.17. The fourth-order valence-electron chi connectivity index (χ4n) is 2.24. The molecule has 0 atom stereocenters. The van der Waals surface area contributed by atoms with Crippen molar-refractivity contribution < 1.29 is 18.0 Å². The highest BCUT2D eigenvalue weighted by Crippen LogP contribution is 2.22. The minimum atomic E-state index is -3.81. The molecule has 2 N–H and O–H groups in total. The van der Waals surface area contributed by atoms with Crippen LogP contribution in [0.25, 0.3) is 0 Å². The Bertz CT molecular complexity index is 979. The highest BCUT2D eigenvalue weighted by molar-refractivity contribution is 7.89. The molecule has 0 aliphatic rings. The smallest absolute Gasteiger partial charge is 0.253 e. The van der Waals surface area contributed by atoms with E-state index in [1.807, 2.05) is 6.92 Å². The number of rotatable bonds is 6. The van der Waals surface area contributed by atoms with E-state index in [0.29, 0.717) is 15.6 Å². The number of sulfonamides is 1. The first-order chi connectivity index (χ1) is 13.1. The van der Waals surface area contributed by atoms with Gasteiger partial charge in [-0.25, -0.2) is 8.42 Å². The second-order valence-electron chi connectivity index (χ2n) is 6.10. The van der Waals surface area contributed by atoms with Crippen molar-refractivity contribution in [1.29, 1.82) is 0 Å². The standard InChI is InChI=1S/C18H19Cl2N3O4S/c1-12-3-6-14(7-4-12)28(26,27)23(2)11-18(25)22-21-17(24)10-13-5-8-15(19)16(20)9-13/h3-9H,10-11H2,1-2H3,(H,21,24)(H,22,25). The number of hydrazine groups is 1. The average Bonchev–Trinajstić information content (AvgIpc) is 2.63. The minimum absolute atomic E-state index is 0.0331. The maximum absolute atomic E-state index is 12.5. The molecular weight excluding hydrogens is 425 g/mol. The molecule has 0 radical (unpaired) electrons. The third-order valence-corrected chi connectivity index (χ3v) is 6.34. The number of amides is 2. The van der Waals surface area contributed by atoms with E-state index in [1.165, 1.54) is 19.2 Å². The number of nitrogens with one attached hydrogen (secondary N) is 2. The van der Waals surface area contributed by atoms with Crippen LogP contribution in [0.1, 0.15) is 11.1 Å². The van der Waals surface area contributed by atoms with E-state index in [-0.39, 0.29) is 11.3 Å². The Morgan fingerprint density at radius 3 is 2.18 bits per heavy atom. The number of likely N-dealkylation sites (N-methyl/N-ethyl adjacent to an activating group) is 1. The van der Waals surface area contributed by atoms with E-state index >= 15 is 0 Å². The van der Waals surface area contributed by atoms with Crippen molar-refractivity contribution in [1.82, 2.24) is 15.2 Å². The van der Waals surface area contributed by atoms with Crippen molar-refractivity contribution >= 4 is 45.0 Å². The quantitative estimate of drug-likeness (QED) is 0.669.